The fraction of sp³-hybridized carbons (Fsp3) is 0.222. The maximum atomic E-state index is 11.9. The van der Waals surface area contributed by atoms with Gasteiger partial charge in [0.05, 0.1) is 11.1 Å². The minimum atomic E-state index is -0.475. The number of hydrogen-bond acceptors (Lipinski definition) is 8. The monoisotopic (exact) mass is 424 g/mol. The quantitative estimate of drug-likeness (QED) is 0.204. The van der Waals surface area contributed by atoms with Crippen molar-refractivity contribution >= 4 is 33.4 Å². The Morgan fingerprint density at radius 1 is 0.714 bits per heavy atom. The molecule has 0 bridgehead atoms. The molecule has 150 valence electrons. The normalized spacial score (nSPS) is 10.4. The second kappa shape index (κ2) is 10.6. The molecule has 0 aliphatic heterocycles. The topological polar surface area (TPSA) is 139 Å². The average Bonchev–Trinajstić information content (AvgIpc) is 2.67. The fourth-order valence-corrected chi connectivity index (χ4v) is 3.96. The van der Waals surface area contributed by atoms with Gasteiger partial charge in [0.15, 0.2) is 23.0 Å². The maximum Gasteiger partial charge on any atom is 0.255 e. The van der Waals surface area contributed by atoms with Crippen LogP contribution in [0, 0.1) is 0 Å². The van der Waals surface area contributed by atoms with Crippen molar-refractivity contribution in [2.45, 2.75) is 0 Å². The zero-order valence-electron chi connectivity index (χ0n) is 14.7. The maximum absolute atomic E-state index is 11.9. The SMILES string of the molecule is O=C(NCCSSCCNC(=O)c1cccc(O)c1O)c1cccc(O)c1O. The first-order valence-corrected chi connectivity index (χ1v) is 10.7. The molecule has 10 heteroatoms. The van der Waals surface area contributed by atoms with Crippen LogP contribution < -0.4 is 10.6 Å². The minimum absolute atomic E-state index is 0.00978. The van der Waals surface area contributed by atoms with Crippen molar-refractivity contribution in [3.8, 4) is 23.0 Å². The second-order valence-electron chi connectivity index (χ2n) is 5.50. The van der Waals surface area contributed by atoms with Crippen LogP contribution in [0.25, 0.3) is 0 Å². The van der Waals surface area contributed by atoms with Crippen molar-refractivity contribution < 1.29 is 30.0 Å². The number of hydrogen-bond donors (Lipinski definition) is 6. The molecule has 0 heterocycles. The molecule has 0 unspecified atom stereocenters. The zero-order valence-corrected chi connectivity index (χ0v) is 16.3. The van der Waals surface area contributed by atoms with Crippen molar-refractivity contribution in [2.24, 2.45) is 0 Å². The number of phenolic OH excluding ortho intramolecular Hbond substituents is 4. The van der Waals surface area contributed by atoms with E-state index >= 15 is 0 Å². The highest BCUT2D eigenvalue weighted by Crippen LogP contribution is 2.29. The highest BCUT2D eigenvalue weighted by molar-refractivity contribution is 8.76. The minimum Gasteiger partial charge on any atom is -0.504 e. The number of rotatable bonds is 9. The van der Waals surface area contributed by atoms with E-state index in [-0.39, 0.29) is 22.6 Å². The van der Waals surface area contributed by atoms with Gasteiger partial charge >= 0.3 is 0 Å². The summed E-state index contributed by atoms with van der Waals surface area (Å²) in [7, 11) is 3.00. The van der Waals surface area contributed by atoms with Gasteiger partial charge < -0.3 is 31.1 Å². The van der Waals surface area contributed by atoms with E-state index in [1.807, 2.05) is 0 Å². The highest BCUT2D eigenvalue weighted by Gasteiger charge is 2.14. The second-order valence-corrected chi connectivity index (χ2v) is 8.20. The van der Waals surface area contributed by atoms with Gasteiger partial charge in [-0.3, -0.25) is 9.59 Å². The number of aromatic hydroxyl groups is 4. The first kappa shape index (κ1) is 21.6. The molecule has 8 nitrogen and oxygen atoms in total. The van der Waals surface area contributed by atoms with Gasteiger partial charge in [0.1, 0.15) is 0 Å². The summed E-state index contributed by atoms with van der Waals surface area (Å²) in [4.78, 5) is 23.9. The van der Waals surface area contributed by atoms with Gasteiger partial charge in [0.2, 0.25) is 0 Å². The molecule has 0 radical (unpaired) electrons. The molecular formula is C18H20N2O6S2. The number of amides is 2. The molecule has 0 aliphatic rings. The van der Waals surface area contributed by atoms with Gasteiger partial charge in [0, 0.05) is 24.6 Å². The summed E-state index contributed by atoms with van der Waals surface area (Å²) < 4.78 is 0. The molecule has 2 aromatic carbocycles. The highest BCUT2D eigenvalue weighted by atomic mass is 33.1. The molecule has 0 aromatic heterocycles. The van der Waals surface area contributed by atoms with Gasteiger partial charge in [-0.1, -0.05) is 33.7 Å². The van der Waals surface area contributed by atoms with Crippen molar-refractivity contribution in [1.82, 2.24) is 10.6 Å². The number of para-hydroxylation sites is 2. The molecule has 2 amide bonds. The Morgan fingerprint density at radius 3 is 1.50 bits per heavy atom. The van der Waals surface area contributed by atoms with E-state index in [9.17, 15) is 30.0 Å². The lowest BCUT2D eigenvalue weighted by molar-refractivity contribution is 0.0944. The summed E-state index contributed by atoms with van der Waals surface area (Å²) in [5.41, 5.74) is 0.0196. The van der Waals surface area contributed by atoms with E-state index in [2.05, 4.69) is 10.6 Å². The molecule has 0 saturated heterocycles. The Bertz CT molecular complexity index is 777. The van der Waals surface area contributed by atoms with E-state index in [0.29, 0.717) is 24.6 Å². The summed E-state index contributed by atoms with van der Waals surface area (Å²) in [6.45, 7) is 0.740. The average molecular weight is 425 g/mol. The molecule has 0 spiro atoms. The van der Waals surface area contributed by atoms with Crippen molar-refractivity contribution in [3.05, 3.63) is 47.5 Å². The van der Waals surface area contributed by atoms with Crippen LogP contribution in [0.3, 0.4) is 0 Å². The predicted octanol–water partition coefficient (Wildman–Crippen LogP) is 2.05. The van der Waals surface area contributed by atoms with Crippen LogP contribution in [-0.2, 0) is 0 Å². The van der Waals surface area contributed by atoms with Crippen LogP contribution in [0.15, 0.2) is 36.4 Å². The third kappa shape index (κ3) is 5.89. The van der Waals surface area contributed by atoms with E-state index < -0.39 is 23.3 Å². The van der Waals surface area contributed by atoms with Gasteiger partial charge in [-0.25, -0.2) is 0 Å². The van der Waals surface area contributed by atoms with Crippen LogP contribution in [-0.4, -0.2) is 56.8 Å². The van der Waals surface area contributed by atoms with Gasteiger partial charge in [-0.2, -0.15) is 0 Å². The number of carbonyl (C=O) groups is 2. The largest absolute Gasteiger partial charge is 0.504 e. The third-order valence-corrected chi connectivity index (χ3v) is 5.95. The standard InChI is InChI=1S/C18H20N2O6S2/c21-13-5-1-3-11(15(13)23)17(25)19-7-9-27-28-10-8-20-18(26)12-4-2-6-14(22)16(12)24/h1-6,21-24H,7-10H2,(H,19,25)(H,20,26). The molecule has 2 rings (SSSR count). The van der Waals surface area contributed by atoms with Crippen LogP contribution in [0.4, 0.5) is 0 Å². The predicted molar refractivity (Wildman–Crippen MR) is 109 cm³/mol. The Kier molecular flexibility index (Phi) is 8.15. The molecule has 28 heavy (non-hydrogen) atoms. The molecule has 0 fully saturated rings. The van der Waals surface area contributed by atoms with E-state index in [0.717, 1.165) is 0 Å². The first-order chi connectivity index (χ1) is 13.4. The number of carbonyl (C=O) groups excluding carboxylic acids is 2. The molecule has 2 aromatic rings. The van der Waals surface area contributed by atoms with Gasteiger partial charge in [0.25, 0.3) is 11.8 Å². The van der Waals surface area contributed by atoms with Gasteiger partial charge in [-0.05, 0) is 24.3 Å². The molecular weight excluding hydrogens is 404 g/mol. The van der Waals surface area contributed by atoms with E-state index in [4.69, 9.17) is 0 Å². The summed E-state index contributed by atoms with van der Waals surface area (Å²) in [5, 5.41) is 43.3. The lowest BCUT2D eigenvalue weighted by atomic mass is 10.2. The van der Waals surface area contributed by atoms with Crippen LogP contribution in [0.1, 0.15) is 20.7 Å². The number of nitrogens with one attached hydrogen (secondary N) is 2. The van der Waals surface area contributed by atoms with E-state index in [1.165, 1.54) is 58.0 Å². The number of benzene rings is 2. The summed E-state index contributed by atoms with van der Waals surface area (Å²) >= 11 is 0. The Morgan fingerprint density at radius 2 is 1.11 bits per heavy atom. The van der Waals surface area contributed by atoms with Gasteiger partial charge in [-0.15, -0.1) is 0 Å². The third-order valence-electron chi connectivity index (χ3n) is 3.54. The molecule has 0 saturated carbocycles. The number of phenols is 4. The van der Waals surface area contributed by atoms with Crippen molar-refractivity contribution in [1.29, 1.82) is 0 Å². The van der Waals surface area contributed by atoms with Crippen LogP contribution in [0.2, 0.25) is 0 Å². The smallest absolute Gasteiger partial charge is 0.255 e. The summed E-state index contributed by atoms with van der Waals surface area (Å²) in [6.07, 6.45) is 0. The van der Waals surface area contributed by atoms with E-state index in [1.54, 1.807) is 0 Å². The summed E-state index contributed by atoms with van der Waals surface area (Å²) in [5.74, 6) is -1.33. The summed E-state index contributed by atoms with van der Waals surface area (Å²) in [6, 6.07) is 8.36. The Labute approximate surface area is 169 Å². The van der Waals surface area contributed by atoms with Crippen molar-refractivity contribution in [3.63, 3.8) is 0 Å². The van der Waals surface area contributed by atoms with Crippen LogP contribution in [0.5, 0.6) is 23.0 Å². The molecule has 0 atom stereocenters. The molecule has 0 aliphatic carbocycles. The fourth-order valence-electron chi connectivity index (χ4n) is 2.15. The molecule has 6 N–H and O–H groups in total. The lowest BCUT2D eigenvalue weighted by Gasteiger charge is -2.08. The van der Waals surface area contributed by atoms with Crippen LogP contribution >= 0.6 is 21.6 Å². The Hall–Kier alpha value is -2.72. The lowest BCUT2D eigenvalue weighted by Crippen LogP contribution is -2.26. The zero-order chi connectivity index (χ0) is 20.5. The van der Waals surface area contributed by atoms with Crippen molar-refractivity contribution in [2.75, 3.05) is 24.6 Å². The first-order valence-electron chi connectivity index (χ1n) is 8.24. The Balaban J connectivity index is 1.60.